The zero-order chi connectivity index (χ0) is 17.7. The Labute approximate surface area is 142 Å². The van der Waals surface area contributed by atoms with Gasteiger partial charge in [-0.2, -0.15) is 0 Å². The van der Waals surface area contributed by atoms with Crippen molar-refractivity contribution < 1.29 is 9.18 Å². The maximum atomic E-state index is 14.5. The highest BCUT2D eigenvalue weighted by atomic mass is 19.1. The fourth-order valence-corrected chi connectivity index (χ4v) is 3.20. The van der Waals surface area contributed by atoms with Crippen molar-refractivity contribution in [3.05, 3.63) is 65.2 Å². The number of hydrogen-bond acceptors (Lipinski definition) is 3. The third-order valence-electron chi connectivity index (χ3n) is 4.30. The maximum Gasteiger partial charge on any atom is 0.248 e. The van der Waals surface area contributed by atoms with E-state index < -0.39 is 11.7 Å². The van der Waals surface area contributed by atoms with Gasteiger partial charge in [-0.3, -0.25) is 9.20 Å². The van der Waals surface area contributed by atoms with Crippen LogP contribution in [-0.4, -0.2) is 20.3 Å². The first-order valence-corrected chi connectivity index (χ1v) is 7.81. The summed E-state index contributed by atoms with van der Waals surface area (Å²) in [6, 6.07) is 11.7. The van der Waals surface area contributed by atoms with E-state index in [9.17, 15) is 9.18 Å². The average Bonchev–Trinajstić information content (AvgIpc) is 2.93. The summed E-state index contributed by atoms with van der Waals surface area (Å²) in [4.78, 5) is 20.7. The monoisotopic (exact) mass is 334 g/mol. The molecule has 0 aliphatic heterocycles. The first-order chi connectivity index (χ1) is 12.0. The second kappa shape index (κ2) is 5.37. The molecular weight excluding hydrogens is 319 g/mol. The van der Waals surface area contributed by atoms with E-state index in [0.29, 0.717) is 5.82 Å². The molecule has 1 amide bonds. The van der Waals surface area contributed by atoms with Crippen LogP contribution >= 0.6 is 0 Å². The van der Waals surface area contributed by atoms with Crippen LogP contribution < -0.4 is 5.73 Å². The summed E-state index contributed by atoms with van der Waals surface area (Å²) in [6.45, 7) is 3.76. The number of rotatable bonds is 2. The molecular formula is C19H15FN4O. The fourth-order valence-electron chi connectivity index (χ4n) is 3.20. The van der Waals surface area contributed by atoms with Crippen LogP contribution in [0.2, 0.25) is 0 Å². The maximum absolute atomic E-state index is 14.5. The molecule has 2 aromatic carbocycles. The normalized spacial score (nSPS) is 11.3. The first kappa shape index (κ1) is 15.3. The largest absolute Gasteiger partial charge is 0.366 e. The molecule has 0 saturated carbocycles. The molecule has 0 atom stereocenters. The molecule has 0 aliphatic carbocycles. The zero-order valence-corrected chi connectivity index (χ0v) is 13.7. The van der Waals surface area contributed by atoms with Crippen molar-refractivity contribution in [3.63, 3.8) is 0 Å². The zero-order valence-electron chi connectivity index (χ0n) is 13.7. The summed E-state index contributed by atoms with van der Waals surface area (Å²) in [6.07, 6.45) is 0. The minimum absolute atomic E-state index is 0.232. The molecule has 124 valence electrons. The minimum Gasteiger partial charge on any atom is -0.366 e. The number of imidazole rings is 1. The molecule has 4 aromatic rings. The number of carbonyl (C=O) groups excluding carboxylic acids is 1. The SMILES string of the molecule is Cc1nc(-c2cc(C(N)=O)ccc2F)n2c1c(C)nc1ccccc12. The Balaban J connectivity index is 2.17. The Bertz CT molecular complexity index is 1160. The van der Waals surface area contributed by atoms with Crippen LogP contribution in [0.15, 0.2) is 42.5 Å². The van der Waals surface area contributed by atoms with E-state index in [2.05, 4.69) is 9.97 Å². The number of aryl methyl sites for hydroxylation is 2. The summed E-state index contributed by atoms with van der Waals surface area (Å²) >= 11 is 0. The molecule has 2 aromatic heterocycles. The smallest absolute Gasteiger partial charge is 0.248 e. The number of para-hydroxylation sites is 2. The molecule has 5 nitrogen and oxygen atoms in total. The van der Waals surface area contributed by atoms with Gasteiger partial charge in [0.05, 0.1) is 33.5 Å². The lowest BCUT2D eigenvalue weighted by Crippen LogP contribution is -2.11. The predicted octanol–water partition coefficient (Wildman–Crippen LogP) is 3.40. The number of primary amides is 1. The molecule has 4 rings (SSSR count). The molecule has 0 bridgehead atoms. The molecule has 0 radical (unpaired) electrons. The fraction of sp³-hybridized carbons (Fsp3) is 0.105. The Morgan fingerprint density at radius 1 is 1.08 bits per heavy atom. The van der Waals surface area contributed by atoms with Crippen molar-refractivity contribution in [2.75, 3.05) is 0 Å². The van der Waals surface area contributed by atoms with Gasteiger partial charge < -0.3 is 5.73 Å². The highest BCUT2D eigenvalue weighted by molar-refractivity contribution is 5.94. The number of nitrogens with zero attached hydrogens (tertiary/aromatic N) is 3. The third kappa shape index (κ3) is 2.26. The van der Waals surface area contributed by atoms with Crippen molar-refractivity contribution in [1.82, 2.24) is 14.4 Å². The van der Waals surface area contributed by atoms with Crippen molar-refractivity contribution >= 4 is 22.5 Å². The van der Waals surface area contributed by atoms with Gasteiger partial charge in [0.15, 0.2) is 0 Å². The van der Waals surface area contributed by atoms with Gasteiger partial charge in [-0.25, -0.2) is 14.4 Å². The first-order valence-electron chi connectivity index (χ1n) is 7.81. The molecule has 0 saturated heterocycles. The van der Waals surface area contributed by atoms with Crippen LogP contribution in [0, 0.1) is 19.7 Å². The standard InChI is InChI=1S/C19H15FN4O/c1-10-17-11(2)23-19(13-9-12(18(21)25)7-8-14(13)20)24(17)16-6-4-3-5-15(16)22-10/h3-9H,1-2H3,(H2,21,25). The van der Waals surface area contributed by atoms with E-state index in [1.807, 2.05) is 42.5 Å². The Morgan fingerprint density at radius 2 is 1.80 bits per heavy atom. The van der Waals surface area contributed by atoms with Gasteiger partial charge in [0.1, 0.15) is 11.6 Å². The average molecular weight is 334 g/mol. The van der Waals surface area contributed by atoms with Crippen molar-refractivity contribution in [2.24, 2.45) is 5.73 Å². The number of benzene rings is 2. The number of nitrogens with two attached hydrogens (primary N) is 1. The second-order valence-corrected chi connectivity index (χ2v) is 5.95. The number of halogens is 1. The molecule has 6 heteroatoms. The van der Waals surface area contributed by atoms with Crippen LogP contribution in [0.3, 0.4) is 0 Å². The molecule has 0 aliphatic rings. The van der Waals surface area contributed by atoms with Crippen LogP contribution in [0.25, 0.3) is 27.9 Å². The molecule has 2 N–H and O–H groups in total. The second-order valence-electron chi connectivity index (χ2n) is 5.95. The Kier molecular flexibility index (Phi) is 3.28. The third-order valence-corrected chi connectivity index (χ3v) is 4.30. The van der Waals surface area contributed by atoms with E-state index in [0.717, 1.165) is 27.9 Å². The Hall–Kier alpha value is -3.28. The lowest BCUT2D eigenvalue weighted by Gasteiger charge is -2.09. The van der Waals surface area contributed by atoms with Gasteiger partial charge in [0.2, 0.25) is 5.91 Å². The van der Waals surface area contributed by atoms with Gasteiger partial charge in [-0.05, 0) is 44.2 Å². The highest BCUT2D eigenvalue weighted by Gasteiger charge is 2.19. The van der Waals surface area contributed by atoms with Gasteiger partial charge in [-0.1, -0.05) is 12.1 Å². The highest BCUT2D eigenvalue weighted by Crippen LogP contribution is 2.30. The summed E-state index contributed by atoms with van der Waals surface area (Å²) < 4.78 is 16.4. The van der Waals surface area contributed by atoms with Gasteiger partial charge in [0, 0.05) is 5.56 Å². The lowest BCUT2D eigenvalue weighted by molar-refractivity contribution is 0.100. The van der Waals surface area contributed by atoms with E-state index in [-0.39, 0.29) is 11.1 Å². The van der Waals surface area contributed by atoms with Gasteiger partial charge >= 0.3 is 0 Å². The topological polar surface area (TPSA) is 73.3 Å². The van der Waals surface area contributed by atoms with E-state index in [1.54, 1.807) is 0 Å². The van der Waals surface area contributed by atoms with Crippen LogP contribution in [0.4, 0.5) is 4.39 Å². The molecule has 25 heavy (non-hydrogen) atoms. The molecule has 0 fully saturated rings. The number of fused-ring (bicyclic) bond motifs is 3. The number of amides is 1. The van der Waals surface area contributed by atoms with E-state index >= 15 is 0 Å². The predicted molar refractivity (Wildman–Crippen MR) is 93.9 cm³/mol. The van der Waals surface area contributed by atoms with Crippen LogP contribution in [0.1, 0.15) is 21.7 Å². The summed E-state index contributed by atoms with van der Waals surface area (Å²) in [7, 11) is 0. The summed E-state index contributed by atoms with van der Waals surface area (Å²) in [5, 5.41) is 0. The molecule has 2 heterocycles. The van der Waals surface area contributed by atoms with Crippen molar-refractivity contribution in [3.8, 4) is 11.4 Å². The van der Waals surface area contributed by atoms with E-state index in [4.69, 9.17) is 5.73 Å². The molecule has 0 spiro atoms. The quantitative estimate of drug-likeness (QED) is 0.610. The summed E-state index contributed by atoms with van der Waals surface area (Å²) in [5.41, 5.74) is 9.81. The van der Waals surface area contributed by atoms with Crippen LogP contribution in [0.5, 0.6) is 0 Å². The lowest BCUT2D eigenvalue weighted by atomic mass is 10.1. The van der Waals surface area contributed by atoms with Crippen molar-refractivity contribution in [2.45, 2.75) is 13.8 Å². The summed E-state index contributed by atoms with van der Waals surface area (Å²) in [5.74, 6) is -0.646. The Morgan fingerprint density at radius 3 is 2.56 bits per heavy atom. The van der Waals surface area contributed by atoms with Crippen LogP contribution in [-0.2, 0) is 0 Å². The number of carbonyl (C=O) groups is 1. The van der Waals surface area contributed by atoms with Crippen molar-refractivity contribution in [1.29, 1.82) is 0 Å². The molecule has 0 unspecified atom stereocenters. The number of hydrogen-bond donors (Lipinski definition) is 1. The number of aromatic nitrogens is 3. The van der Waals surface area contributed by atoms with Gasteiger partial charge in [-0.15, -0.1) is 0 Å². The van der Waals surface area contributed by atoms with E-state index in [1.165, 1.54) is 18.2 Å². The van der Waals surface area contributed by atoms with Gasteiger partial charge in [0.25, 0.3) is 0 Å². The minimum atomic E-state index is -0.610.